The zero-order valence-corrected chi connectivity index (χ0v) is 28.4. The lowest BCUT2D eigenvalue weighted by Gasteiger charge is -2.33. The third kappa shape index (κ3) is 14.2. The topological polar surface area (TPSA) is 158 Å². The lowest BCUT2D eigenvalue weighted by molar-refractivity contribution is -0.131. The van der Waals surface area contributed by atoms with Crippen molar-refractivity contribution in [3.05, 3.63) is 23.8 Å². The van der Waals surface area contributed by atoms with Crippen molar-refractivity contribution in [2.24, 2.45) is 29.4 Å². The molecule has 11 nitrogen and oxygen atoms in total. The highest BCUT2D eigenvalue weighted by atomic mass is 16.6. The minimum Gasteiger partial charge on any atom is -0.493 e. The molecular formula is C33H57N3O8. The molecule has 1 aromatic rings. The minimum absolute atomic E-state index is 0.0422. The van der Waals surface area contributed by atoms with E-state index in [1.54, 1.807) is 35.0 Å². The Morgan fingerprint density at radius 3 is 2.11 bits per heavy atom. The van der Waals surface area contributed by atoms with Crippen LogP contribution in [0.4, 0.5) is 4.79 Å². The van der Waals surface area contributed by atoms with Crippen LogP contribution in [0.5, 0.6) is 11.5 Å². The van der Waals surface area contributed by atoms with Gasteiger partial charge in [0.05, 0.1) is 25.9 Å². The van der Waals surface area contributed by atoms with Crippen LogP contribution in [-0.4, -0.2) is 74.2 Å². The average molecular weight is 624 g/mol. The highest BCUT2D eigenvalue weighted by molar-refractivity contribution is 5.87. The molecule has 11 heteroatoms. The van der Waals surface area contributed by atoms with Crippen molar-refractivity contribution < 1.29 is 38.4 Å². The number of carbonyl (C=O) groups excluding carboxylic acids is 3. The highest BCUT2D eigenvalue weighted by Gasteiger charge is 2.34. The summed E-state index contributed by atoms with van der Waals surface area (Å²) < 4.78 is 22.1. The van der Waals surface area contributed by atoms with Crippen LogP contribution in [0, 0.1) is 23.7 Å². The quantitative estimate of drug-likeness (QED) is 0.167. The van der Waals surface area contributed by atoms with Crippen LogP contribution < -0.4 is 25.8 Å². The van der Waals surface area contributed by atoms with Gasteiger partial charge in [0.15, 0.2) is 11.5 Å². The lowest BCUT2D eigenvalue weighted by atomic mass is 9.80. The first kappa shape index (κ1) is 39.0. The number of rotatable bonds is 19. The van der Waals surface area contributed by atoms with Crippen LogP contribution >= 0.6 is 0 Å². The number of primary amides is 1. The minimum atomic E-state index is -1.07. The molecule has 0 heterocycles. The van der Waals surface area contributed by atoms with Gasteiger partial charge in [-0.25, -0.2) is 4.79 Å². The molecule has 0 spiro atoms. The van der Waals surface area contributed by atoms with Crippen LogP contribution in [0.15, 0.2) is 18.2 Å². The molecule has 3 amide bonds. The molecule has 0 aliphatic heterocycles. The molecule has 1 aromatic carbocycles. The van der Waals surface area contributed by atoms with Crippen molar-refractivity contribution in [2.45, 2.75) is 105 Å². The number of aliphatic hydroxyl groups excluding tert-OH is 1. The van der Waals surface area contributed by atoms with Gasteiger partial charge in [0.2, 0.25) is 11.8 Å². The van der Waals surface area contributed by atoms with Gasteiger partial charge < -0.3 is 40.4 Å². The van der Waals surface area contributed by atoms with Gasteiger partial charge in [-0.15, -0.1) is 0 Å². The second kappa shape index (κ2) is 18.7. The number of alkyl carbamates (subject to hydrolysis) is 1. The summed E-state index contributed by atoms with van der Waals surface area (Å²) in [6.07, 6.45) is 0.181. The number of amides is 3. The summed E-state index contributed by atoms with van der Waals surface area (Å²) in [4.78, 5) is 37.5. The van der Waals surface area contributed by atoms with Gasteiger partial charge in [0.25, 0.3) is 0 Å². The largest absolute Gasteiger partial charge is 0.493 e. The molecule has 0 bridgehead atoms. The Morgan fingerprint density at radius 1 is 0.932 bits per heavy atom. The fraction of sp³-hybridized carbons (Fsp3) is 0.727. The zero-order chi connectivity index (χ0) is 33.6. The summed E-state index contributed by atoms with van der Waals surface area (Å²) in [5.74, 6) is -0.273. The summed E-state index contributed by atoms with van der Waals surface area (Å²) in [6, 6.07) is 4.28. The zero-order valence-electron chi connectivity index (χ0n) is 28.4. The summed E-state index contributed by atoms with van der Waals surface area (Å²) in [5, 5.41) is 17.1. The molecule has 44 heavy (non-hydrogen) atoms. The number of methoxy groups -OCH3 is 2. The Labute approximate surface area is 263 Å². The fourth-order valence-corrected chi connectivity index (χ4v) is 4.84. The van der Waals surface area contributed by atoms with E-state index in [0.29, 0.717) is 37.6 Å². The van der Waals surface area contributed by atoms with Crippen LogP contribution in [0.2, 0.25) is 0 Å². The molecule has 0 unspecified atom stereocenters. The van der Waals surface area contributed by atoms with E-state index in [-0.39, 0.29) is 30.1 Å². The van der Waals surface area contributed by atoms with E-state index in [1.165, 1.54) is 6.92 Å². The normalized spacial score (nSPS) is 15.2. The molecule has 5 atom stereocenters. The second-order valence-corrected chi connectivity index (χ2v) is 13.2. The van der Waals surface area contributed by atoms with Gasteiger partial charge in [-0.05, 0) is 82.4 Å². The van der Waals surface area contributed by atoms with E-state index in [4.69, 9.17) is 24.7 Å². The first-order chi connectivity index (χ1) is 20.5. The van der Waals surface area contributed by atoms with E-state index in [9.17, 15) is 19.5 Å². The SMILES string of the molecule is COCCCOc1cc(C[C@@H](C[C@H](NC(=O)OC(C)(C)C)[C@@H](O)C[C@H](C(=O)N[C@@H](C)C(N)=O)C(C)C)C(C)C)ccc1OC. The molecule has 5 N–H and O–H groups in total. The van der Waals surface area contributed by atoms with Gasteiger partial charge in [-0.1, -0.05) is 33.8 Å². The summed E-state index contributed by atoms with van der Waals surface area (Å²) >= 11 is 0. The van der Waals surface area contributed by atoms with Gasteiger partial charge in [0.1, 0.15) is 11.6 Å². The van der Waals surface area contributed by atoms with Crippen molar-refractivity contribution in [1.82, 2.24) is 10.6 Å². The standard InChI is InChI=1S/C33H57N3O8/c1-20(2)24(16-23-12-13-28(42-10)29(17-23)43-15-11-14-41-9)18-26(36-32(40)44-33(6,7)8)27(37)19-25(21(3)4)31(39)35-22(5)30(34)38/h12-13,17,20-22,24-27,37H,11,14-16,18-19H2,1-10H3,(H2,34,38)(H,35,39)(H,36,40)/t22-,24-,25-,26-,27-/m0/s1. The maximum absolute atomic E-state index is 13.1. The highest BCUT2D eigenvalue weighted by Crippen LogP contribution is 2.32. The van der Waals surface area contributed by atoms with Gasteiger partial charge in [-0.2, -0.15) is 0 Å². The number of nitrogens with two attached hydrogens (primary N) is 1. The van der Waals surface area contributed by atoms with Gasteiger partial charge >= 0.3 is 6.09 Å². The monoisotopic (exact) mass is 623 g/mol. The molecular weight excluding hydrogens is 566 g/mol. The van der Waals surface area contributed by atoms with Crippen molar-refractivity contribution in [3.63, 3.8) is 0 Å². The number of aliphatic hydroxyl groups is 1. The Kier molecular flexibility index (Phi) is 16.6. The van der Waals surface area contributed by atoms with Crippen LogP contribution in [0.3, 0.4) is 0 Å². The number of hydrogen-bond acceptors (Lipinski definition) is 8. The fourth-order valence-electron chi connectivity index (χ4n) is 4.84. The van der Waals surface area contributed by atoms with Crippen molar-refractivity contribution >= 4 is 17.9 Å². The molecule has 0 radical (unpaired) electrons. The first-order valence-electron chi connectivity index (χ1n) is 15.5. The van der Waals surface area contributed by atoms with Crippen LogP contribution in [0.1, 0.15) is 80.2 Å². The van der Waals surface area contributed by atoms with Crippen LogP contribution in [0.25, 0.3) is 0 Å². The number of benzene rings is 1. The van der Waals surface area contributed by atoms with E-state index in [2.05, 4.69) is 24.5 Å². The molecule has 0 saturated carbocycles. The van der Waals surface area contributed by atoms with Gasteiger partial charge in [0, 0.05) is 26.1 Å². The van der Waals surface area contributed by atoms with Crippen molar-refractivity contribution in [1.29, 1.82) is 0 Å². The summed E-state index contributed by atoms with van der Waals surface area (Å²) in [6.45, 7) is 15.9. The third-order valence-electron chi connectivity index (χ3n) is 7.56. The van der Waals surface area contributed by atoms with E-state index in [1.807, 2.05) is 32.0 Å². The molecule has 0 saturated heterocycles. The van der Waals surface area contributed by atoms with Crippen molar-refractivity contribution in [2.75, 3.05) is 27.4 Å². The van der Waals surface area contributed by atoms with Crippen molar-refractivity contribution in [3.8, 4) is 11.5 Å². The van der Waals surface area contributed by atoms with E-state index < -0.39 is 41.7 Å². The molecule has 0 aliphatic rings. The number of nitrogens with one attached hydrogen (secondary N) is 2. The second-order valence-electron chi connectivity index (χ2n) is 13.2. The lowest BCUT2D eigenvalue weighted by Crippen LogP contribution is -2.50. The Bertz CT molecular complexity index is 1040. The molecule has 0 aromatic heterocycles. The smallest absolute Gasteiger partial charge is 0.407 e. The predicted molar refractivity (Wildman–Crippen MR) is 171 cm³/mol. The van der Waals surface area contributed by atoms with Crippen LogP contribution in [-0.2, 0) is 25.5 Å². The number of hydrogen-bond donors (Lipinski definition) is 4. The summed E-state index contributed by atoms with van der Waals surface area (Å²) in [7, 11) is 3.25. The molecule has 1 rings (SSSR count). The maximum atomic E-state index is 13.1. The first-order valence-corrected chi connectivity index (χ1v) is 15.5. The Balaban J connectivity index is 3.26. The number of ether oxygens (including phenoxy) is 4. The predicted octanol–water partition coefficient (Wildman–Crippen LogP) is 4.22. The summed E-state index contributed by atoms with van der Waals surface area (Å²) in [5.41, 5.74) is 5.63. The number of carbonyl (C=O) groups is 3. The third-order valence-corrected chi connectivity index (χ3v) is 7.56. The average Bonchev–Trinajstić information content (AvgIpc) is 2.91. The van der Waals surface area contributed by atoms with E-state index >= 15 is 0 Å². The maximum Gasteiger partial charge on any atom is 0.407 e. The molecule has 0 fully saturated rings. The molecule has 0 aliphatic carbocycles. The van der Waals surface area contributed by atoms with Gasteiger partial charge in [-0.3, -0.25) is 9.59 Å². The Morgan fingerprint density at radius 2 is 1.59 bits per heavy atom. The Hall–Kier alpha value is -3.05. The van der Waals surface area contributed by atoms with E-state index in [0.717, 1.165) is 12.0 Å². The molecule has 252 valence electrons.